The fourth-order valence-electron chi connectivity index (χ4n) is 5.18. The van der Waals surface area contributed by atoms with Crippen LogP contribution in [0.2, 0.25) is 0 Å². The summed E-state index contributed by atoms with van der Waals surface area (Å²) in [5, 5.41) is 18.2. The number of rotatable bonds is 10. The Balaban J connectivity index is 1.68. The number of fused-ring (bicyclic) bond motifs is 3. The Kier molecular flexibility index (Phi) is 8.01. The second-order valence-electron chi connectivity index (χ2n) is 9.03. The summed E-state index contributed by atoms with van der Waals surface area (Å²) in [6.07, 6.45) is 1.20. The van der Waals surface area contributed by atoms with Crippen molar-refractivity contribution in [3.63, 3.8) is 0 Å². The van der Waals surface area contributed by atoms with E-state index >= 15 is 0 Å². The van der Waals surface area contributed by atoms with Crippen LogP contribution in [0, 0.1) is 0 Å². The van der Waals surface area contributed by atoms with E-state index < -0.39 is 5.41 Å². The number of hydrogen-bond acceptors (Lipinski definition) is 4. The quantitative estimate of drug-likeness (QED) is 0.163. The van der Waals surface area contributed by atoms with E-state index in [1.807, 2.05) is 24.3 Å². The van der Waals surface area contributed by atoms with Gasteiger partial charge >= 0.3 is 0 Å². The fraction of sp³-hybridized carbons (Fsp3) is 0.226. The monoisotopic (exact) mass is 622 g/mol. The van der Waals surface area contributed by atoms with E-state index in [-0.39, 0.29) is 13.2 Å². The standard InChI is InChI=1S/C31H28Br2O4/c32-23-7-13-29-27(19-23)28-20-24(33)8-14-30(28)31(29,21-3-9-25(10-4-21)36-17-1-15-34)22-5-11-26(12-6-22)37-18-2-16-35/h3-14,19-20,34-35H,1-2,15-18H2. The van der Waals surface area contributed by atoms with Gasteiger partial charge in [-0.25, -0.2) is 0 Å². The van der Waals surface area contributed by atoms with Gasteiger partial charge in [0.2, 0.25) is 0 Å². The Bertz CT molecular complexity index is 1260. The van der Waals surface area contributed by atoms with Gasteiger partial charge in [0.05, 0.1) is 18.6 Å². The summed E-state index contributed by atoms with van der Waals surface area (Å²) in [7, 11) is 0. The Hall–Kier alpha value is -2.64. The van der Waals surface area contributed by atoms with Gasteiger partial charge in [0.25, 0.3) is 0 Å². The molecule has 1 aliphatic rings. The molecule has 2 N–H and O–H groups in total. The van der Waals surface area contributed by atoms with Crippen LogP contribution in [0.15, 0.2) is 93.9 Å². The van der Waals surface area contributed by atoms with Crippen LogP contribution in [0.25, 0.3) is 11.1 Å². The summed E-state index contributed by atoms with van der Waals surface area (Å²) in [6, 6.07) is 29.6. The molecule has 4 nitrogen and oxygen atoms in total. The highest BCUT2D eigenvalue weighted by molar-refractivity contribution is 9.10. The molecule has 0 aliphatic heterocycles. The lowest BCUT2D eigenvalue weighted by Crippen LogP contribution is -2.28. The SMILES string of the molecule is OCCCOc1ccc(C2(c3ccc(OCCCO)cc3)c3ccc(Br)cc3-c3cc(Br)ccc32)cc1. The molecule has 1 aliphatic carbocycles. The molecule has 0 aromatic heterocycles. The minimum Gasteiger partial charge on any atom is -0.494 e. The molecular formula is C31H28Br2O4. The summed E-state index contributed by atoms with van der Waals surface area (Å²) in [4.78, 5) is 0. The third-order valence-corrected chi connectivity index (χ3v) is 7.76. The van der Waals surface area contributed by atoms with E-state index in [2.05, 4.69) is 92.5 Å². The predicted octanol–water partition coefficient (Wildman–Crippen LogP) is 7.10. The van der Waals surface area contributed by atoms with Gasteiger partial charge in [-0.15, -0.1) is 0 Å². The molecular weight excluding hydrogens is 596 g/mol. The Morgan fingerprint density at radius 2 is 0.973 bits per heavy atom. The van der Waals surface area contributed by atoms with Crippen LogP contribution in [0.5, 0.6) is 11.5 Å². The molecule has 190 valence electrons. The average molecular weight is 624 g/mol. The predicted molar refractivity (Wildman–Crippen MR) is 154 cm³/mol. The third-order valence-electron chi connectivity index (χ3n) is 6.78. The first-order valence-electron chi connectivity index (χ1n) is 12.4. The molecule has 0 radical (unpaired) electrons. The minimum atomic E-state index is -0.528. The van der Waals surface area contributed by atoms with Crippen molar-refractivity contribution < 1.29 is 19.7 Å². The molecule has 0 saturated heterocycles. The molecule has 4 aromatic carbocycles. The lowest BCUT2D eigenvalue weighted by Gasteiger charge is -2.34. The van der Waals surface area contributed by atoms with E-state index in [1.165, 1.54) is 22.3 Å². The summed E-state index contributed by atoms with van der Waals surface area (Å²) >= 11 is 7.37. The van der Waals surface area contributed by atoms with Crippen molar-refractivity contribution in [1.29, 1.82) is 0 Å². The molecule has 0 atom stereocenters. The molecule has 4 aromatic rings. The molecule has 5 rings (SSSR count). The van der Waals surface area contributed by atoms with Gasteiger partial charge in [0, 0.05) is 35.0 Å². The van der Waals surface area contributed by atoms with Gasteiger partial charge in [0.15, 0.2) is 0 Å². The Labute approximate surface area is 234 Å². The van der Waals surface area contributed by atoms with Crippen LogP contribution in [-0.2, 0) is 5.41 Å². The largest absolute Gasteiger partial charge is 0.494 e. The first-order valence-corrected chi connectivity index (χ1v) is 14.0. The zero-order chi connectivity index (χ0) is 25.8. The van der Waals surface area contributed by atoms with Crippen LogP contribution in [0.4, 0.5) is 0 Å². The molecule has 0 heterocycles. The number of halogens is 2. The molecule has 37 heavy (non-hydrogen) atoms. The zero-order valence-electron chi connectivity index (χ0n) is 20.3. The lowest BCUT2D eigenvalue weighted by molar-refractivity contribution is 0.233. The molecule has 0 bridgehead atoms. The molecule has 0 saturated carbocycles. The van der Waals surface area contributed by atoms with Crippen molar-refractivity contribution in [1.82, 2.24) is 0 Å². The zero-order valence-corrected chi connectivity index (χ0v) is 23.5. The highest BCUT2D eigenvalue weighted by Gasteiger charge is 2.46. The van der Waals surface area contributed by atoms with Crippen molar-refractivity contribution >= 4 is 31.9 Å². The van der Waals surface area contributed by atoms with Crippen LogP contribution < -0.4 is 9.47 Å². The van der Waals surface area contributed by atoms with Gasteiger partial charge in [-0.3, -0.25) is 0 Å². The lowest BCUT2D eigenvalue weighted by atomic mass is 9.68. The maximum absolute atomic E-state index is 9.09. The minimum absolute atomic E-state index is 0.111. The number of benzene rings is 4. The smallest absolute Gasteiger partial charge is 0.119 e. The topological polar surface area (TPSA) is 58.9 Å². The molecule has 0 spiro atoms. The van der Waals surface area contributed by atoms with E-state index in [9.17, 15) is 0 Å². The van der Waals surface area contributed by atoms with Crippen molar-refractivity contribution in [2.24, 2.45) is 0 Å². The van der Waals surface area contributed by atoms with Gasteiger partial charge in [-0.1, -0.05) is 68.3 Å². The number of ether oxygens (including phenoxy) is 2. The molecule has 0 unspecified atom stereocenters. The number of aliphatic hydroxyl groups excluding tert-OH is 2. The van der Waals surface area contributed by atoms with Crippen molar-refractivity contribution in [2.75, 3.05) is 26.4 Å². The van der Waals surface area contributed by atoms with E-state index in [1.54, 1.807) is 0 Å². The van der Waals surface area contributed by atoms with E-state index in [4.69, 9.17) is 19.7 Å². The summed E-state index contributed by atoms with van der Waals surface area (Å²) in [5.74, 6) is 1.56. The van der Waals surface area contributed by atoms with Gasteiger partial charge in [0.1, 0.15) is 11.5 Å². The highest BCUT2D eigenvalue weighted by atomic mass is 79.9. The average Bonchev–Trinajstić information content (AvgIpc) is 3.19. The Morgan fingerprint density at radius 3 is 1.35 bits per heavy atom. The van der Waals surface area contributed by atoms with E-state index in [0.29, 0.717) is 26.1 Å². The van der Waals surface area contributed by atoms with Crippen molar-refractivity contribution in [3.05, 3.63) is 116 Å². The van der Waals surface area contributed by atoms with Gasteiger partial charge in [-0.2, -0.15) is 0 Å². The van der Waals surface area contributed by atoms with Crippen LogP contribution in [0.3, 0.4) is 0 Å². The highest BCUT2D eigenvalue weighted by Crippen LogP contribution is 2.57. The van der Waals surface area contributed by atoms with Crippen LogP contribution in [0.1, 0.15) is 35.1 Å². The van der Waals surface area contributed by atoms with Gasteiger partial charge < -0.3 is 19.7 Å². The number of aliphatic hydroxyl groups is 2. The van der Waals surface area contributed by atoms with Gasteiger partial charge in [-0.05, 0) is 81.9 Å². The van der Waals surface area contributed by atoms with Crippen LogP contribution in [-0.4, -0.2) is 36.6 Å². The first kappa shape index (κ1) is 26.0. The van der Waals surface area contributed by atoms with E-state index in [0.717, 1.165) is 31.6 Å². The van der Waals surface area contributed by atoms with Crippen molar-refractivity contribution in [2.45, 2.75) is 18.3 Å². The second kappa shape index (κ2) is 11.4. The summed E-state index contributed by atoms with van der Waals surface area (Å²) in [6.45, 7) is 1.18. The first-order chi connectivity index (χ1) is 18.1. The molecule has 6 heteroatoms. The number of hydrogen-bond donors (Lipinski definition) is 2. The Morgan fingerprint density at radius 1 is 0.568 bits per heavy atom. The maximum atomic E-state index is 9.09. The molecule has 0 fully saturated rings. The second-order valence-corrected chi connectivity index (χ2v) is 10.9. The summed E-state index contributed by atoms with van der Waals surface area (Å²) in [5.41, 5.74) is 6.56. The normalized spacial score (nSPS) is 13.2. The molecule has 0 amide bonds. The van der Waals surface area contributed by atoms with Crippen molar-refractivity contribution in [3.8, 4) is 22.6 Å². The van der Waals surface area contributed by atoms with Crippen LogP contribution >= 0.6 is 31.9 Å². The fourth-order valence-corrected chi connectivity index (χ4v) is 5.90. The summed E-state index contributed by atoms with van der Waals surface area (Å²) < 4.78 is 13.7. The third kappa shape index (κ3) is 4.96. The maximum Gasteiger partial charge on any atom is 0.119 e.